The van der Waals surface area contributed by atoms with Crippen molar-refractivity contribution in [3.05, 3.63) is 34.9 Å². The van der Waals surface area contributed by atoms with E-state index in [4.69, 9.17) is 11.6 Å². The van der Waals surface area contributed by atoms with Crippen LogP contribution in [0.2, 0.25) is 0 Å². The van der Waals surface area contributed by atoms with Crippen LogP contribution in [0.1, 0.15) is 42.9 Å². The van der Waals surface area contributed by atoms with Crippen LogP contribution in [0.15, 0.2) is 18.2 Å². The summed E-state index contributed by atoms with van der Waals surface area (Å²) in [5, 5.41) is 0.371. The number of hydrogen-bond acceptors (Lipinski definition) is 0. The second kappa shape index (κ2) is 3.83. The molecule has 0 radical (unpaired) electrons. The summed E-state index contributed by atoms with van der Waals surface area (Å²) in [4.78, 5) is 0. The monoisotopic (exact) mass is 222 g/mol. The summed E-state index contributed by atoms with van der Waals surface area (Å²) in [6.45, 7) is 6.70. The van der Waals surface area contributed by atoms with E-state index >= 15 is 0 Å². The maximum atomic E-state index is 6.23. The molecule has 1 saturated carbocycles. The van der Waals surface area contributed by atoms with E-state index in [1.165, 1.54) is 23.1 Å². The van der Waals surface area contributed by atoms with Crippen LogP contribution in [-0.4, -0.2) is 5.38 Å². The first-order valence-electron chi connectivity index (χ1n) is 5.72. The van der Waals surface area contributed by atoms with Gasteiger partial charge in [-0.3, -0.25) is 0 Å². The van der Waals surface area contributed by atoms with E-state index in [1.54, 1.807) is 0 Å². The quantitative estimate of drug-likeness (QED) is 0.620. The van der Waals surface area contributed by atoms with Crippen LogP contribution in [0.25, 0.3) is 0 Å². The first-order valence-corrected chi connectivity index (χ1v) is 6.16. The second-order valence-electron chi connectivity index (χ2n) is 5.28. The van der Waals surface area contributed by atoms with Crippen molar-refractivity contribution in [1.29, 1.82) is 0 Å². The molecule has 1 aromatic rings. The topological polar surface area (TPSA) is 0 Å². The van der Waals surface area contributed by atoms with Crippen LogP contribution >= 0.6 is 11.6 Å². The molecule has 1 aromatic carbocycles. The predicted molar refractivity (Wildman–Crippen MR) is 66.8 cm³/mol. The maximum absolute atomic E-state index is 6.23. The molecule has 0 heterocycles. The lowest BCUT2D eigenvalue weighted by molar-refractivity contribution is 0.491. The third kappa shape index (κ3) is 2.20. The molecule has 0 aliphatic heterocycles. The summed E-state index contributed by atoms with van der Waals surface area (Å²) in [7, 11) is 0. The normalized spacial score (nSPS) is 30.8. The number of halogens is 1. The van der Waals surface area contributed by atoms with Crippen molar-refractivity contribution in [2.24, 2.45) is 0 Å². The van der Waals surface area contributed by atoms with Gasteiger partial charge in [0.05, 0.1) is 0 Å². The Hall–Kier alpha value is -0.490. The summed E-state index contributed by atoms with van der Waals surface area (Å²) >= 11 is 6.23. The van der Waals surface area contributed by atoms with Crippen LogP contribution < -0.4 is 0 Å². The summed E-state index contributed by atoms with van der Waals surface area (Å²) in [5.74, 6) is 0. The molecule has 2 atom stereocenters. The van der Waals surface area contributed by atoms with Crippen molar-refractivity contribution in [3.63, 3.8) is 0 Å². The van der Waals surface area contributed by atoms with Crippen molar-refractivity contribution in [3.8, 4) is 0 Å². The van der Waals surface area contributed by atoms with Gasteiger partial charge in [0.15, 0.2) is 0 Å². The van der Waals surface area contributed by atoms with Gasteiger partial charge in [-0.2, -0.15) is 0 Å². The number of hydrogen-bond donors (Lipinski definition) is 0. The largest absolute Gasteiger partial charge is 0.123 e. The Morgan fingerprint density at radius 1 is 1.20 bits per heavy atom. The highest BCUT2D eigenvalue weighted by atomic mass is 35.5. The molecule has 0 bridgehead atoms. The lowest BCUT2D eigenvalue weighted by Gasteiger charge is -2.25. The lowest BCUT2D eigenvalue weighted by Crippen LogP contribution is -2.18. The molecule has 15 heavy (non-hydrogen) atoms. The molecule has 2 rings (SSSR count). The van der Waals surface area contributed by atoms with Gasteiger partial charge in [0, 0.05) is 5.38 Å². The van der Waals surface area contributed by atoms with Crippen molar-refractivity contribution < 1.29 is 0 Å². The van der Waals surface area contributed by atoms with Crippen molar-refractivity contribution >= 4 is 11.6 Å². The first kappa shape index (κ1) is 11.0. The van der Waals surface area contributed by atoms with E-state index < -0.39 is 0 Å². The molecule has 0 aromatic heterocycles. The van der Waals surface area contributed by atoms with Gasteiger partial charge < -0.3 is 0 Å². The van der Waals surface area contributed by atoms with Crippen LogP contribution in [0.5, 0.6) is 0 Å². The van der Waals surface area contributed by atoms with Crippen LogP contribution in [0, 0.1) is 13.8 Å². The zero-order valence-electron chi connectivity index (χ0n) is 9.81. The fourth-order valence-electron chi connectivity index (χ4n) is 2.75. The van der Waals surface area contributed by atoms with E-state index in [0.717, 1.165) is 12.8 Å². The minimum absolute atomic E-state index is 0.309. The third-order valence-corrected chi connectivity index (χ3v) is 3.97. The Labute approximate surface area is 97.6 Å². The average Bonchev–Trinajstić information content (AvgIpc) is 2.46. The fraction of sp³-hybridized carbons (Fsp3) is 0.571. The number of alkyl halides is 1. The number of aryl methyl sites for hydroxylation is 2. The van der Waals surface area contributed by atoms with Gasteiger partial charge in [0.1, 0.15) is 0 Å². The smallest absolute Gasteiger partial charge is 0.0344 e. The first-order chi connectivity index (χ1) is 6.99. The van der Waals surface area contributed by atoms with Crippen LogP contribution in [0.4, 0.5) is 0 Å². The molecule has 2 unspecified atom stereocenters. The van der Waals surface area contributed by atoms with Gasteiger partial charge in [0.25, 0.3) is 0 Å². The SMILES string of the molecule is Cc1cc(C)cc(C2(C)CCC(Cl)C2)c1. The fourth-order valence-corrected chi connectivity index (χ4v) is 3.20. The highest BCUT2D eigenvalue weighted by Crippen LogP contribution is 2.43. The standard InChI is InChI=1S/C14H19Cl/c1-10-6-11(2)8-12(7-10)14(3)5-4-13(15)9-14/h6-8,13H,4-5,9H2,1-3H3. The minimum atomic E-state index is 0.309. The van der Waals surface area contributed by atoms with E-state index in [-0.39, 0.29) is 0 Å². The van der Waals surface area contributed by atoms with E-state index in [9.17, 15) is 0 Å². The van der Waals surface area contributed by atoms with Gasteiger partial charge in [-0.25, -0.2) is 0 Å². The minimum Gasteiger partial charge on any atom is -0.123 e. The molecular weight excluding hydrogens is 204 g/mol. The van der Waals surface area contributed by atoms with E-state index in [1.807, 2.05) is 0 Å². The Kier molecular flexibility index (Phi) is 2.81. The molecule has 82 valence electrons. The molecule has 1 fully saturated rings. The Bertz CT molecular complexity index is 349. The molecule has 0 nitrogen and oxygen atoms in total. The summed E-state index contributed by atoms with van der Waals surface area (Å²) < 4.78 is 0. The Morgan fingerprint density at radius 3 is 2.27 bits per heavy atom. The Morgan fingerprint density at radius 2 is 1.80 bits per heavy atom. The van der Waals surface area contributed by atoms with Gasteiger partial charge >= 0.3 is 0 Å². The summed E-state index contributed by atoms with van der Waals surface area (Å²) in [6, 6.07) is 6.88. The highest BCUT2D eigenvalue weighted by molar-refractivity contribution is 6.20. The van der Waals surface area contributed by atoms with Crippen molar-refractivity contribution in [2.75, 3.05) is 0 Å². The average molecular weight is 223 g/mol. The summed E-state index contributed by atoms with van der Waals surface area (Å²) in [5.41, 5.74) is 4.51. The van der Waals surface area contributed by atoms with Gasteiger partial charge in [-0.1, -0.05) is 36.2 Å². The van der Waals surface area contributed by atoms with Gasteiger partial charge in [0.2, 0.25) is 0 Å². The lowest BCUT2D eigenvalue weighted by atomic mass is 9.80. The zero-order chi connectivity index (χ0) is 11.1. The van der Waals surface area contributed by atoms with E-state index in [2.05, 4.69) is 39.0 Å². The molecular formula is C14H19Cl. The molecule has 0 N–H and O–H groups in total. The number of benzene rings is 1. The van der Waals surface area contributed by atoms with Gasteiger partial charge in [-0.05, 0) is 44.1 Å². The van der Waals surface area contributed by atoms with Crippen LogP contribution in [0.3, 0.4) is 0 Å². The summed E-state index contributed by atoms with van der Waals surface area (Å²) in [6.07, 6.45) is 3.51. The predicted octanol–water partition coefficient (Wildman–Crippen LogP) is 4.35. The third-order valence-electron chi connectivity index (χ3n) is 3.60. The number of rotatable bonds is 1. The molecule has 0 spiro atoms. The molecule has 1 aliphatic carbocycles. The Balaban J connectivity index is 2.36. The van der Waals surface area contributed by atoms with Crippen LogP contribution in [-0.2, 0) is 5.41 Å². The second-order valence-corrected chi connectivity index (χ2v) is 5.89. The molecule has 0 amide bonds. The molecule has 0 saturated heterocycles. The van der Waals surface area contributed by atoms with Gasteiger partial charge in [-0.15, -0.1) is 11.6 Å². The van der Waals surface area contributed by atoms with Crippen molar-refractivity contribution in [1.82, 2.24) is 0 Å². The molecule has 1 aliphatic rings. The highest BCUT2D eigenvalue weighted by Gasteiger charge is 2.35. The zero-order valence-corrected chi connectivity index (χ0v) is 10.6. The maximum Gasteiger partial charge on any atom is 0.0344 e. The van der Waals surface area contributed by atoms with E-state index in [0.29, 0.717) is 10.8 Å². The molecule has 1 heteroatoms. The van der Waals surface area contributed by atoms with Crippen molar-refractivity contribution in [2.45, 2.75) is 50.8 Å².